The smallest absolute Gasteiger partial charge is 0.138 e. The molecule has 1 heterocycles. The third kappa shape index (κ3) is 1.73. The first-order valence-corrected chi connectivity index (χ1v) is 3.80. The molecule has 0 aliphatic carbocycles. The standard InChI is InChI=1S/C8H13N3/c1-4-8(2,3)7-5-10-11-6-9-7/h5-6H,4H2,1-3H3. The summed E-state index contributed by atoms with van der Waals surface area (Å²) in [7, 11) is 0. The van der Waals surface area contributed by atoms with E-state index in [1.807, 2.05) is 0 Å². The molecule has 0 saturated carbocycles. The molecule has 3 heteroatoms. The number of nitrogens with zero attached hydrogens (tertiary/aromatic N) is 3. The summed E-state index contributed by atoms with van der Waals surface area (Å²) in [5, 5.41) is 7.42. The van der Waals surface area contributed by atoms with Gasteiger partial charge in [-0.15, -0.1) is 5.10 Å². The van der Waals surface area contributed by atoms with Crippen LogP contribution in [0.15, 0.2) is 12.5 Å². The fourth-order valence-corrected chi connectivity index (χ4v) is 0.770. The number of aromatic nitrogens is 3. The van der Waals surface area contributed by atoms with E-state index in [4.69, 9.17) is 0 Å². The highest BCUT2D eigenvalue weighted by Crippen LogP contribution is 2.22. The molecule has 11 heavy (non-hydrogen) atoms. The molecule has 0 aliphatic heterocycles. The molecule has 0 radical (unpaired) electrons. The molecule has 0 unspecified atom stereocenters. The fourth-order valence-electron chi connectivity index (χ4n) is 0.770. The molecule has 0 fully saturated rings. The van der Waals surface area contributed by atoms with Gasteiger partial charge in [0.2, 0.25) is 0 Å². The van der Waals surface area contributed by atoms with Crippen LogP contribution < -0.4 is 0 Å². The molecule has 3 nitrogen and oxygen atoms in total. The van der Waals surface area contributed by atoms with Crippen molar-refractivity contribution in [3.63, 3.8) is 0 Å². The van der Waals surface area contributed by atoms with E-state index in [2.05, 4.69) is 36.0 Å². The molecule has 0 amide bonds. The van der Waals surface area contributed by atoms with Crippen molar-refractivity contribution in [3.05, 3.63) is 18.2 Å². The van der Waals surface area contributed by atoms with E-state index < -0.39 is 0 Å². The number of hydrogen-bond donors (Lipinski definition) is 0. The minimum atomic E-state index is 0.121. The van der Waals surface area contributed by atoms with Crippen LogP contribution >= 0.6 is 0 Å². The highest BCUT2D eigenvalue weighted by Gasteiger charge is 2.19. The van der Waals surface area contributed by atoms with Gasteiger partial charge in [-0.3, -0.25) is 0 Å². The van der Waals surface area contributed by atoms with E-state index >= 15 is 0 Å². The quantitative estimate of drug-likeness (QED) is 0.643. The van der Waals surface area contributed by atoms with Crippen LogP contribution in [0.1, 0.15) is 32.9 Å². The molecule has 0 aromatic carbocycles. The highest BCUT2D eigenvalue weighted by molar-refractivity contribution is 5.07. The summed E-state index contributed by atoms with van der Waals surface area (Å²) in [6, 6.07) is 0. The van der Waals surface area contributed by atoms with Crippen LogP contribution in [0.3, 0.4) is 0 Å². The summed E-state index contributed by atoms with van der Waals surface area (Å²) < 4.78 is 0. The van der Waals surface area contributed by atoms with Crippen LogP contribution in [0.2, 0.25) is 0 Å². The van der Waals surface area contributed by atoms with Crippen LogP contribution in [0.25, 0.3) is 0 Å². The SMILES string of the molecule is CCC(C)(C)c1cnncn1. The van der Waals surface area contributed by atoms with Crippen molar-refractivity contribution >= 4 is 0 Å². The third-order valence-corrected chi connectivity index (χ3v) is 2.07. The molecule has 1 aromatic rings. The van der Waals surface area contributed by atoms with E-state index in [-0.39, 0.29) is 5.41 Å². The normalized spacial score (nSPS) is 11.5. The van der Waals surface area contributed by atoms with Crippen molar-refractivity contribution in [2.45, 2.75) is 32.6 Å². The Morgan fingerprint density at radius 3 is 2.55 bits per heavy atom. The third-order valence-electron chi connectivity index (χ3n) is 2.07. The van der Waals surface area contributed by atoms with Gasteiger partial charge in [0.1, 0.15) is 6.33 Å². The number of rotatable bonds is 2. The predicted molar refractivity (Wildman–Crippen MR) is 43.1 cm³/mol. The second-order valence-corrected chi connectivity index (χ2v) is 3.23. The van der Waals surface area contributed by atoms with Crippen molar-refractivity contribution in [2.75, 3.05) is 0 Å². The number of hydrogen-bond acceptors (Lipinski definition) is 3. The van der Waals surface area contributed by atoms with Crippen LogP contribution in [-0.4, -0.2) is 15.2 Å². The van der Waals surface area contributed by atoms with Gasteiger partial charge in [0, 0.05) is 5.41 Å². The Bertz CT molecular complexity index is 218. The van der Waals surface area contributed by atoms with Gasteiger partial charge in [-0.05, 0) is 6.42 Å². The van der Waals surface area contributed by atoms with Gasteiger partial charge in [-0.25, -0.2) is 4.98 Å². The molecule has 0 bridgehead atoms. The lowest BCUT2D eigenvalue weighted by Crippen LogP contribution is -2.17. The first-order chi connectivity index (χ1) is 5.17. The first-order valence-electron chi connectivity index (χ1n) is 3.80. The average molecular weight is 151 g/mol. The minimum absolute atomic E-state index is 0.121. The Kier molecular flexibility index (Phi) is 2.17. The summed E-state index contributed by atoms with van der Waals surface area (Å²) >= 11 is 0. The van der Waals surface area contributed by atoms with Gasteiger partial charge in [-0.1, -0.05) is 20.8 Å². The lowest BCUT2D eigenvalue weighted by molar-refractivity contribution is 0.485. The Hall–Kier alpha value is -0.990. The van der Waals surface area contributed by atoms with Crippen LogP contribution in [-0.2, 0) is 5.41 Å². The van der Waals surface area contributed by atoms with Gasteiger partial charge < -0.3 is 0 Å². The Labute approximate surface area is 66.9 Å². The molecule has 0 aliphatic rings. The topological polar surface area (TPSA) is 38.7 Å². The lowest BCUT2D eigenvalue weighted by atomic mass is 9.87. The molecule has 0 N–H and O–H groups in total. The molecule has 0 atom stereocenters. The largest absolute Gasteiger partial charge is 0.237 e. The van der Waals surface area contributed by atoms with Crippen molar-refractivity contribution in [1.29, 1.82) is 0 Å². The van der Waals surface area contributed by atoms with Crippen molar-refractivity contribution < 1.29 is 0 Å². The predicted octanol–water partition coefficient (Wildman–Crippen LogP) is 1.56. The van der Waals surface area contributed by atoms with E-state index in [1.165, 1.54) is 6.33 Å². The first kappa shape index (κ1) is 8.11. The van der Waals surface area contributed by atoms with E-state index in [1.54, 1.807) is 6.20 Å². The summed E-state index contributed by atoms with van der Waals surface area (Å²) in [5.74, 6) is 0. The van der Waals surface area contributed by atoms with Crippen molar-refractivity contribution in [2.24, 2.45) is 0 Å². The summed E-state index contributed by atoms with van der Waals surface area (Å²) in [6.07, 6.45) is 4.28. The van der Waals surface area contributed by atoms with Gasteiger partial charge in [0.15, 0.2) is 0 Å². The van der Waals surface area contributed by atoms with Crippen LogP contribution in [0, 0.1) is 0 Å². The molecule has 1 aromatic heterocycles. The molecule has 60 valence electrons. The monoisotopic (exact) mass is 151 g/mol. The molecule has 1 rings (SSSR count). The molecular weight excluding hydrogens is 138 g/mol. The summed E-state index contributed by atoms with van der Waals surface area (Å²) in [5.41, 5.74) is 1.13. The van der Waals surface area contributed by atoms with E-state index in [9.17, 15) is 0 Å². The molecule has 0 saturated heterocycles. The van der Waals surface area contributed by atoms with Crippen LogP contribution in [0.4, 0.5) is 0 Å². The van der Waals surface area contributed by atoms with E-state index in [0.29, 0.717) is 0 Å². The van der Waals surface area contributed by atoms with Crippen molar-refractivity contribution in [1.82, 2.24) is 15.2 Å². The van der Waals surface area contributed by atoms with Gasteiger partial charge in [0.05, 0.1) is 11.9 Å². The molecule has 0 spiro atoms. The van der Waals surface area contributed by atoms with Crippen LogP contribution in [0.5, 0.6) is 0 Å². The fraction of sp³-hybridized carbons (Fsp3) is 0.625. The highest BCUT2D eigenvalue weighted by atomic mass is 15.1. The Morgan fingerprint density at radius 1 is 1.36 bits per heavy atom. The maximum atomic E-state index is 4.15. The van der Waals surface area contributed by atoms with Gasteiger partial charge >= 0.3 is 0 Å². The Balaban J connectivity index is 2.93. The van der Waals surface area contributed by atoms with E-state index in [0.717, 1.165) is 12.1 Å². The van der Waals surface area contributed by atoms with Crippen molar-refractivity contribution in [3.8, 4) is 0 Å². The van der Waals surface area contributed by atoms with Gasteiger partial charge in [0.25, 0.3) is 0 Å². The van der Waals surface area contributed by atoms with Gasteiger partial charge in [-0.2, -0.15) is 5.10 Å². The summed E-state index contributed by atoms with van der Waals surface area (Å²) in [6.45, 7) is 6.44. The average Bonchev–Trinajstić information content (AvgIpc) is 2.06. The zero-order valence-electron chi connectivity index (χ0n) is 7.20. The minimum Gasteiger partial charge on any atom is -0.237 e. The zero-order chi connectivity index (χ0) is 8.32. The zero-order valence-corrected chi connectivity index (χ0v) is 7.20. The Morgan fingerprint density at radius 2 is 2.09 bits per heavy atom. The lowest BCUT2D eigenvalue weighted by Gasteiger charge is -2.20. The maximum absolute atomic E-state index is 4.15. The maximum Gasteiger partial charge on any atom is 0.138 e. The second-order valence-electron chi connectivity index (χ2n) is 3.23. The molecular formula is C8H13N3. The summed E-state index contributed by atoms with van der Waals surface area (Å²) in [4.78, 5) is 4.15. The second kappa shape index (κ2) is 2.95.